The normalized spacial score (nSPS) is 13.2. The smallest absolute Gasteiger partial charge is 0.138 e. The van der Waals surface area contributed by atoms with Gasteiger partial charge in [-0.25, -0.2) is 0 Å². The summed E-state index contributed by atoms with van der Waals surface area (Å²) in [6, 6.07) is 71.0. The van der Waals surface area contributed by atoms with Gasteiger partial charge in [0.1, 0.15) is 11.2 Å². The maximum Gasteiger partial charge on any atom is 0.138 e. The molecule has 0 aliphatic heterocycles. The summed E-state index contributed by atoms with van der Waals surface area (Å²) in [5, 5.41) is 7.30. The quantitative estimate of drug-likeness (QED) is 0.173. The minimum atomic E-state index is -0.126. The number of nitrogens with zero attached hydrogens (tertiary/aromatic N) is 2. The number of para-hydroxylation sites is 3. The van der Waals surface area contributed by atoms with Gasteiger partial charge in [-0.15, -0.1) is 11.3 Å². The molecule has 4 heteroatoms. The molecule has 0 N–H and O–H groups in total. The van der Waals surface area contributed by atoms with Gasteiger partial charge in [-0.2, -0.15) is 0 Å². The number of anilines is 3. The average molecular weight is 799 g/mol. The lowest BCUT2D eigenvalue weighted by Gasteiger charge is -2.26. The Morgan fingerprint density at radius 2 is 1.16 bits per heavy atom. The van der Waals surface area contributed by atoms with Crippen molar-refractivity contribution in [3.63, 3.8) is 0 Å². The fourth-order valence-electron chi connectivity index (χ4n) is 10.5. The standard InChI is InChI=1S/C57H38N2OS/c1-57(2)44-21-10-6-17-39(44)40-32-27-35(33-45(40)57)53-55-41-18-7-11-22-46(41)59(48(55)34-50-56(53)42-19-8-12-24-49(42)60-50)38-30-28-37(29-31-38)58(36-15-4-3-5-16-36)47-23-14-26-52-54(47)43-20-9-13-25-51(43)61-52/h3-34H,1-2H3. The molecular formula is C57H38N2OS. The molecular weight excluding hydrogens is 761 g/mol. The lowest BCUT2D eigenvalue weighted by molar-refractivity contribution is 0.660. The summed E-state index contributed by atoms with van der Waals surface area (Å²) in [5.74, 6) is 0. The number of aromatic nitrogens is 1. The van der Waals surface area contributed by atoms with E-state index in [1.54, 1.807) is 0 Å². The van der Waals surface area contributed by atoms with Crippen LogP contribution in [0.3, 0.4) is 0 Å². The first-order chi connectivity index (χ1) is 30.0. The molecule has 3 heterocycles. The Kier molecular flexibility index (Phi) is 7.23. The highest BCUT2D eigenvalue weighted by Gasteiger charge is 2.36. The second-order valence-corrected chi connectivity index (χ2v) is 17.9. The number of hydrogen-bond donors (Lipinski definition) is 0. The van der Waals surface area contributed by atoms with Crippen LogP contribution in [-0.4, -0.2) is 4.57 Å². The van der Waals surface area contributed by atoms with E-state index in [4.69, 9.17) is 4.42 Å². The number of fused-ring (bicyclic) bond motifs is 12. The lowest BCUT2D eigenvalue weighted by atomic mass is 9.81. The number of furan rings is 1. The molecule has 0 atom stereocenters. The average Bonchev–Trinajstić information content (AvgIpc) is 4.03. The molecule has 3 nitrogen and oxygen atoms in total. The van der Waals surface area contributed by atoms with Crippen molar-refractivity contribution in [3.05, 3.63) is 205 Å². The molecule has 0 saturated heterocycles. The summed E-state index contributed by atoms with van der Waals surface area (Å²) in [4.78, 5) is 2.40. The fourth-order valence-corrected chi connectivity index (χ4v) is 11.6. The zero-order chi connectivity index (χ0) is 40.4. The SMILES string of the molecule is CC1(C)c2ccccc2-c2ccc(-c3c4c(cc5c3c3ccccc3n5-c3ccc(N(c5ccccc5)c5cccc6sc7ccccc7c56)cc3)oc3ccccc34)cc21. The number of benzene rings is 9. The highest BCUT2D eigenvalue weighted by Crippen LogP contribution is 2.52. The summed E-state index contributed by atoms with van der Waals surface area (Å²) < 4.78 is 11.8. The molecule has 13 rings (SSSR count). The van der Waals surface area contributed by atoms with Crippen LogP contribution < -0.4 is 4.90 Å². The first-order valence-electron chi connectivity index (χ1n) is 21.0. The first kappa shape index (κ1) is 34.5. The van der Waals surface area contributed by atoms with Crippen LogP contribution in [-0.2, 0) is 5.41 Å². The summed E-state index contributed by atoms with van der Waals surface area (Å²) in [6.07, 6.45) is 0. The van der Waals surface area contributed by atoms with Crippen molar-refractivity contribution in [1.82, 2.24) is 4.57 Å². The van der Waals surface area contributed by atoms with E-state index in [-0.39, 0.29) is 5.41 Å². The first-order valence-corrected chi connectivity index (χ1v) is 21.8. The molecule has 0 saturated carbocycles. The van der Waals surface area contributed by atoms with Crippen LogP contribution >= 0.6 is 11.3 Å². The van der Waals surface area contributed by atoms with E-state index >= 15 is 0 Å². The van der Waals surface area contributed by atoms with E-state index in [2.05, 4.69) is 217 Å². The third-order valence-corrected chi connectivity index (χ3v) is 14.3. The maximum absolute atomic E-state index is 6.78. The Bertz CT molecular complexity index is 3740. The third kappa shape index (κ3) is 4.91. The van der Waals surface area contributed by atoms with E-state index in [0.29, 0.717) is 0 Å². The molecule has 1 aliphatic carbocycles. The van der Waals surface area contributed by atoms with Crippen molar-refractivity contribution >= 4 is 92.3 Å². The Hall–Kier alpha value is -7.40. The van der Waals surface area contributed by atoms with Gasteiger partial charge in [0.25, 0.3) is 0 Å². The van der Waals surface area contributed by atoms with Crippen molar-refractivity contribution in [2.75, 3.05) is 4.90 Å². The number of hydrogen-bond acceptors (Lipinski definition) is 3. The van der Waals surface area contributed by atoms with Crippen LogP contribution in [0.2, 0.25) is 0 Å². The predicted molar refractivity (Wildman–Crippen MR) is 259 cm³/mol. The van der Waals surface area contributed by atoms with Gasteiger partial charge in [0, 0.05) is 75.8 Å². The van der Waals surface area contributed by atoms with Gasteiger partial charge < -0.3 is 13.9 Å². The molecule has 0 bridgehead atoms. The van der Waals surface area contributed by atoms with E-state index in [9.17, 15) is 0 Å². The van der Waals surface area contributed by atoms with Crippen LogP contribution in [0.1, 0.15) is 25.0 Å². The zero-order valence-electron chi connectivity index (χ0n) is 33.7. The minimum Gasteiger partial charge on any atom is -0.456 e. The van der Waals surface area contributed by atoms with Gasteiger partial charge in [-0.1, -0.05) is 129 Å². The van der Waals surface area contributed by atoms with E-state index in [0.717, 1.165) is 50.0 Å². The van der Waals surface area contributed by atoms with Crippen LogP contribution in [0.15, 0.2) is 199 Å². The van der Waals surface area contributed by atoms with Crippen LogP contribution in [0.25, 0.3) is 91.9 Å². The molecule has 0 unspecified atom stereocenters. The van der Waals surface area contributed by atoms with Gasteiger partial charge in [0.05, 0.1) is 16.7 Å². The van der Waals surface area contributed by atoms with Crippen LogP contribution in [0.4, 0.5) is 17.1 Å². The molecule has 0 amide bonds. The van der Waals surface area contributed by atoms with Crippen molar-refractivity contribution in [3.8, 4) is 27.9 Å². The van der Waals surface area contributed by atoms with Gasteiger partial charge in [0.2, 0.25) is 0 Å². The highest BCUT2D eigenvalue weighted by molar-refractivity contribution is 7.26. The third-order valence-electron chi connectivity index (χ3n) is 13.2. The summed E-state index contributed by atoms with van der Waals surface area (Å²) in [6.45, 7) is 4.73. The Balaban J connectivity index is 1.05. The number of rotatable bonds is 5. The monoisotopic (exact) mass is 798 g/mol. The van der Waals surface area contributed by atoms with Crippen LogP contribution in [0, 0.1) is 0 Å². The Morgan fingerprint density at radius 1 is 0.475 bits per heavy atom. The summed E-state index contributed by atoms with van der Waals surface area (Å²) in [7, 11) is 0. The zero-order valence-corrected chi connectivity index (χ0v) is 34.5. The second kappa shape index (κ2) is 12.8. The molecule has 288 valence electrons. The molecule has 12 aromatic rings. The largest absolute Gasteiger partial charge is 0.456 e. The van der Waals surface area contributed by atoms with Gasteiger partial charge in [0.15, 0.2) is 0 Å². The predicted octanol–water partition coefficient (Wildman–Crippen LogP) is 16.5. The molecule has 61 heavy (non-hydrogen) atoms. The molecule has 3 aromatic heterocycles. The highest BCUT2D eigenvalue weighted by atomic mass is 32.1. The molecule has 1 aliphatic rings. The number of thiophene rings is 1. The topological polar surface area (TPSA) is 21.3 Å². The van der Waals surface area contributed by atoms with Crippen molar-refractivity contribution in [1.29, 1.82) is 0 Å². The van der Waals surface area contributed by atoms with E-state index < -0.39 is 0 Å². The van der Waals surface area contributed by atoms with Gasteiger partial charge in [-0.05, 0) is 101 Å². The van der Waals surface area contributed by atoms with E-state index in [1.807, 2.05) is 11.3 Å². The van der Waals surface area contributed by atoms with Gasteiger partial charge in [-0.3, -0.25) is 0 Å². The Morgan fingerprint density at radius 3 is 2.03 bits per heavy atom. The second-order valence-electron chi connectivity index (χ2n) is 16.8. The molecule has 9 aromatic carbocycles. The molecule has 0 fully saturated rings. The minimum absolute atomic E-state index is 0.126. The van der Waals surface area contributed by atoms with Crippen molar-refractivity contribution < 1.29 is 4.42 Å². The van der Waals surface area contributed by atoms with Crippen molar-refractivity contribution in [2.24, 2.45) is 0 Å². The van der Waals surface area contributed by atoms with Crippen LogP contribution in [0.5, 0.6) is 0 Å². The van der Waals surface area contributed by atoms with E-state index in [1.165, 1.54) is 70.0 Å². The summed E-state index contributed by atoms with van der Waals surface area (Å²) >= 11 is 1.85. The maximum atomic E-state index is 6.78. The van der Waals surface area contributed by atoms with Crippen molar-refractivity contribution in [2.45, 2.75) is 19.3 Å². The summed E-state index contributed by atoms with van der Waals surface area (Å²) in [5.41, 5.74) is 16.2. The molecule has 0 spiro atoms. The lowest BCUT2D eigenvalue weighted by Crippen LogP contribution is -2.14. The fraction of sp³-hybridized carbons (Fsp3) is 0.0526. The van der Waals surface area contributed by atoms with Gasteiger partial charge >= 0.3 is 0 Å². The molecule has 0 radical (unpaired) electrons. The Labute approximate surface area is 357 Å².